The topological polar surface area (TPSA) is 16.4 Å². The van der Waals surface area contributed by atoms with Crippen LogP contribution in [0.15, 0.2) is 217 Å². The van der Waals surface area contributed by atoms with E-state index in [1.807, 2.05) is 6.07 Å². The Morgan fingerprint density at radius 1 is 0.333 bits per heavy atom. The van der Waals surface area contributed by atoms with E-state index in [0.717, 1.165) is 50.1 Å². The molecule has 0 N–H and O–H groups in total. The van der Waals surface area contributed by atoms with Crippen LogP contribution in [0.3, 0.4) is 0 Å². The first-order chi connectivity index (χ1) is 28.3. The summed E-state index contributed by atoms with van der Waals surface area (Å²) >= 11 is 0. The summed E-state index contributed by atoms with van der Waals surface area (Å²) < 4.78 is 6.50. The number of nitrogens with zero attached hydrogens (tertiary/aromatic N) is 1. The largest absolute Gasteiger partial charge is 0.455 e. The molecule has 9 aromatic carbocycles. The number of hydrogen-bond donors (Lipinski definition) is 0. The van der Waals surface area contributed by atoms with Gasteiger partial charge in [0.15, 0.2) is 0 Å². The molecule has 1 heterocycles. The molecule has 2 nitrogen and oxygen atoms in total. The Labute approximate surface area is 331 Å². The van der Waals surface area contributed by atoms with Crippen LogP contribution in [0.5, 0.6) is 0 Å². The molecule has 0 radical (unpaired) electrons. The summed E-state index contributed by atoms with van der Waals surface area (Å²) in [5, 5.41) is 2.27. The number of rotatable bonds is 5. The quantitative estimate of drug-likeness (QED) is 0.176. The highest BCUT2D eigenvalue weighted by molar-refractivity contribution is 6.09. The number of benzene rings is 9. The average molecular weight is 726 g/mol. The van der Waals surface area contributed by atoms with Crippen LogP contribution >= 0.6 is 0 Å². The van der Waals surface area contributed by atoms with Crippen LogP contribution in [0.1, 0.15) is 22.3 Å². The van der Waals surface area contributed by atoms with Crippen LogP contribution in [0, 0.1) is 0 Å². The van der Waals surface area contributed by atoms with Crippen molar-refractivity contribution in [1.82, 2.24) is 0 Å². The smallest absolute Gasteiger partial charge is 0.143 e. The molecule has 0 atom stereocenters. The lowest BCUT2D eigenvalue weighted by molar-refractivity contribution is 0.670. The van der Waals surface area contributed by atoms with E-state index in [2.05, 4.69) is 211 Å². The Morgan fingerprint density at radius 2 is 0.825 bits per heavy atom. The number of anilines is 3. The van der Waals surface area contributed by atoms with E-state index >= 15 is 0 Å². The maximum absolute atomic E-state index is 6.50. The Balaban J connectivity index is 1.13. The van der Waals surface area contributed by atoms with Crippen LogP contribution in [0.25, 0.3) is 66.4 Å². The minimum atomic E-state index is -0.507. The summed E-state index contributed by atoms with van der Waals surface area (Å²) in [6.45, 7) is 0. The maximum atomic E-state index is 6.50. The van der Waals surface area contributed by atoms with Gasteiger partial charge in [-0.2, -0.15) is 0 Å². The molecule has 12 rings (SSSR count). The second-order valence-corrected chi connectivity index (χ2v) is 15.1. The fourth-order valence-electron chi connectivity index (χ4n) is 10.0. The van der Waals surface area contributed by atoms with E-state index in [-0.39, 0.29) is 0 Å². The minimum Gasteiger partial charge on any atom is -0.455 e. The van der Waals surface area contributed by atoms with Gasteiger partial charge >= 0.3 is 0 Å². The Bertz CT molecular complexity index is 3130. The molecule has 0 bridgehead atoms. The molecule has 2 heteroatoms. The normalized spacial score (nSPS) is 13.1. The average Bonchev–Trinajstić information content (AvgIpc) is 3.92. The van der Waals surface area contributed by atoms with Crippen molar-refractivity contribution in [3.8, 4) is 44.5 Å². The zero-order valence-electron chi connectivity index (χ0n) is 31.1. The molecule has 0 aliphatic heterocycles. The van der Waals surface area contributed by atoms with Crippen molar-refractivity contribution in [1.29, 1.82) is 0 Å². The van der Waals surface area contributed by atoms with Crippen LogP contribution in [-0.4, -0.2) is 0 Å². The summed E-state index contributed by atoms with van der Waals surface area (Å²) in [6.07, 6.45) is 0. The predicted octanol–water partition coefficient (Wildman–Crippen LogP) is 14.7. The minimum absolute atomic E-state index is 0.507. The summed E-state index contributed by atoms with van der Waals surface area (Å²) in [5.74, 6) is 0. The zero-order chi connectivity index (χ0) is 37.5. The van der Waals surface area contributed by atoms with Gasteiger partial charge in [0.1, 0.15) is 11.2 Å². The lowest BCUT2D eigenvalue weighted by Gasteiger charge is -2.36. The van der Waals surface area contributed by atoms with E-state index in [1.54, 1.807) is 0 Å². The van der Waals surface area contributed by atoms with Crippen molar-refractivity contribution in [2.24, 2.45) is 0 Å². The van der Waals surface area contributed by atoms with Gasteiger partial charge in [0.05, 0.1) is 16.8 Å². The van der Waals surface area contributed by atoms with Gasteiger partial charge in [0.25, 0.3) is 0 Å². The molecular formula is C55H35NO. The first-order valence-electron chi connectivity index (χ1n) is 19.7. The summed E-state index contributed by atoms with van der Waals surface area (Å²) in [6, 6.07) is 77.5. The standard InChI is InChI=1S/C55H35NO/c1-2-16-36(17-3-1)39-18-7-12-29-50(39)56(38-34-32-37(33-35-38)40-23-14-25-46-44-22-8-13-31-52(44)57-54(40)46)51-30-15-24-45-43-21-6-11-28-49(43)55(53(45)51)47-26-9-4-19-41(47)42-20-5-10-27-48(42)55/h1-35H. The van der Waals surface area contributed by atoms with Crippen molar-refractivity contribution in [3.63, 3.8) is 0 Å². The van der Waals surface area contributed by atoms with Crippen molar-refractivity contribution in [3.05, 3.63) is 235 Å². The second-order valence-electron chi connectivity index (χ2n) is 15.1. The highest BCUT2D eigenvalue weighted by atomic mass is 16.3. The molecule has 1 spiro atoms. The first-order valence-corrected chi connectivity index (χ1v) is 19.7. The van der Waals surface area contributed by atoms with Crippen molar-refractivity contribution in [2.45, 2.75) is 5.41 Å². The molecule has 266 valence electrons. The highest BCUT2D eigenvalue weighted by Gasteiger charge is 2.53. The Morgan fingerprint density at radius 3 is 1.54 bits per heavy atom. The fraction of sp³-hybridized carbons (Fsp3) is 0.0182. The summed E-state index contributed by atoms with van der Waals surface area (Å²) in [4.78, 5) is 2.50. The second kappa shape index (κ2) is 12.3. The fourth-order valence-corrected chi connectivity index (χ4v) is 10.0. The van der Waals surface area contributed by atoms with E-state index in [9.17, 15) is 0 Å². The zero-order valence-corrected chi connectivity index (χ0v) is 31.1. The number of hydrogen-bond acceptors (Lipinski definition) is 2. The molecule has 0 amide bonds. The molecular weight excluding hydrogens is 691 g/mol. The van der Waals surface area contributed by atoms with E-state index < -0.39 is 5.41 Å². The monoisotopic (exact) mass is 725 g/mol. The van der Waals surface area contributed by atoms with Gasteiger partial charge in [-0.05, 0) is 80.4 Å². The predicted molar refractivity (Wildman–Crippen MR) is 236 cm³/mol. The van der Waals surface area contributed by atoms with Gasteiger partial charge < -0.3 is 9.32 Å². The molecule has 57 heavy (non-hydrogen) atoms. The van der Waals surface area contributed by atoms with Crippen molar-refractivity contribution in [2.75, 3.05) is 4.90 Å². The van der Waals surface area contributed by atoms with Gasteiger partial charge in [-0.3, -0.25) is 0 Å². The highest BCUT2D eigenvalue weighted by Crippen LogP contribution is 2.65. The number of furan rings is 1. The molecule has 0 saturated carbocycles. The Kier molecular flexibility index (Phi) is 6.88. The molecule has 0 fully saturated rings. The van der Waals surface area contributed by atoms with E-state index in [1.165, 1.54) is 55.6 Å². The van der Waals surface area contributed by atoms with Gasteiger partial charge in [-0.15, -0.1) is 0 Å². The molecule has 0 saturated heterocycles. The van der Waals surface area contributed by atoms with Crippen LogP contribution in [0.4, 0.5) is 17.1 Å². The third-order valence-corrected chi connectivity index (χ3v) is 12.3. The lowest BCUT2D eigenvalue weighted by atomic mass is 9.70. The Hall–Kier alpha value is -7.42. The van der Waals surface area contributed by atoms with E-state index in [0.29, 0.717) is 0 Å². The van der Waals surface area contributed by atoms with Crippen LogP contribution < -0.4 is 4.90 Å². The van der Waals surface area contributed by atoms with Crippen LogP contribution in [0.2, 0.25) is 0 Å². The molecule has 1 aromatic heterocycles. The summed E-state index contributed by atoms with van der Waals surface area (Å²) in [5.41, 5.74) is 19.7. The molecule has 0 unspecified atom stereocenters. The molecule has 2 aliphatic carbocycles. The van der Waals surface area contributed by atoms with Gasteiger partial charge in [-0.25, -0.2) is 0 Å². The van der Waals surface area contributed by atoms with Crippen molar-refractivity contribution < 1.29 is 4.42 Å². The first kappa shape index (κ1) is 31.9. The SMILES string of the molecule is c1ccc(-c2ccccc2N(c2ccc(-c3cccc4c3oc3ccccc34)cc2)c2cccc3c2C2(c4ccccc4-c4ccccc42)c2ccccc2-3)cc1. The summed E-state index contributed by atoms with van der Waals surface area (Å²) in [7, 11) is 0. The number of para-hydroxylation sites is 3. The maximum Gasteiger partial charge on any atom is 0.143 e. The number of fused-ring (bicyclic) bond motifs is 13. The van der Waals surface area contributed by atoms with Crippen molar-refractivity contribution >= 4 is 39.0 Å². The van der Waals surface area contributed by atoms with Crippen LogP contribution in [-0.2, 0) is 5.41 Å². The lowest BCUT2D eigenvalue weighted by Crippen LogP contribution is -2.28. The third-order valence-electron chi connectivity index (χ3n) is 12.3. The van der Waals surface area contributed by atoms with Gasteiger partial charge in [-0.1, -0.05) is 182 Å². The van der Waals surface area contributed by atoms with E-state index in [4.69, 9.17) is 4.42 Å². The van der Waals surface area contributed by atoms with Gasteiger partial charge in [0, 0.05) is 33.2 Å². The molecule has 2 aliphatic rings. The third kappa shape index (κ3) is 4.47. The van der Waals surface area contributed by atoms with Gasteiger partial charge in [0.2, 0.25) is 0 Å². The molecule has 10 aromatic rings.